The summed E-state index contributed by atoms with van der Waals surface area (Å²) in [6.45, 7) is 2.63. The quantitative estimate of drug-likeness (QED) is 0.884. The predicted molar refractivity (Wildman–Crippen MR) is 62.4 cm³/mol. The molecule has 0 aromatic heterocycles. The first kappa shape index (κ1) is 13.2. The minimum atomic E-state index is -4.33. The molecular weight excluding hydrogens is 245 g/mol. The van der Waals surface area contributed by atoms with Gasteiger partial charge in [-0.3, -0.25) is 0 Å². The van der Waals surface area contributed by atoms with Gasteiger partial charge in [-0.1, -0.05) is 0 Å². The van der Waals surface area contributed by atoms with Gasteiger partial charge in [0.15, 0.2) is 0 Å². The van der Waals surface area contributed by atoms with Crippen LogP contribution in [0.3, 0.4) is 0 Å². The van der Waals surface area contributed by atoms with Crippen LogP contribution in [0.25, 0.3) is 0 Å². The van der Waals surface area contributed by atoms with Crippen LogP contribution in [0.1, 0.15) is 11.1 Å². The van der Waals surface area contributed by atoms with E-state index in [0.29, 0.717) is 31.9 Å². The molecule has 1 fully saturated rings. The molecule has 0 amide bonds. The maximum absolute atomic E-state index is 12.6. The molecule has 0 radical (unpaired) electrons. The summed E-state index contributed by atoms with van der Waals surface area (Å²) in [5.41, 5.74) is 6.18. The van der Waals surface area contributed by atoms with Gasteiger partial charge in [0.1, 0.15) is 0 Å². The van der Waals surface area contributed by atoms with Crippen LogP contribution in [0.2, 0.25) is 0 Å². The largest absolute Gasteiger partial charge is 0.416 e. The second-order valence-corrected chi connectivity index (χ2v) is 4.14. The van der Waals surface area contributed by atoms with Crippen molar-refractivity contribution in [1.29, 1.82) is 0 Å². The molecule has 6 heteroatoms. The first-order valence-electron chi connectivity index (χ1n) is 5.75. The molecule has 18 heavy (non-hydrogen) atoms. The molecule has 0 bridgehead atoms. The van der Waals surface area contributed by atoms with Crippen LogP contribution >= 0.6 is 0 Å². The average Bonchev–Trinajstić information content (AvgIpc) is 2.38. The minimum Gasteiger partial charge on any atom is -0.378 e. The molecule has 0 saturated carbocycles. The van der Waals surface area contributed by atoms with Crippen molar-refractivity contribution in [3.63, 3.8) is 0 Å². The normalized spacial score (nSPS) is 17.0. The number of nitrogens with zero attached hydrogens (tertiary/aromatic N) is 1. The van der Waals surface area contributed by atoms with E-state index in [1.54, 1.807) is 0 Å². The highest BCUT2D eigenvalue weighted by Crippen LogP contribution is 2.33. The summed E-state index contributed by atoms with van der Waals surface area (Å²) in [5.74, 6) is 0. The monoisotopic (exact) mass is 260 g/mol. The van der Waals surface area contributed by atoms with E-state index in [9.17, 15) is 13.2 Å². The topological polar surface area (TPSA) is 38.5 Å². The van der Waals surface area contributed by atoms with E-state index in [1.807, 2.05) is 4.90 Å². The van der Waals surface area contributed by atoms with E-state index in [4.69, 9.17) is 10.5 Å². The molecule has 1 saturated heterocycles. The van der Waals surface area contributed by atoms with E-state index in [1.165, 1.54) is 6.07 Å². The fourth-order valence-corrected chi connectivity index (χ4v) is 2.04. The standard InChI is InChI=1S/C12H15F3N2O/c13-12(14,15)10-1-2-11(9(7-10)8-16)17-3-5-18-6-4-17/h1-2,7H,3-6,8,16H2. The zero-order valence-electron chi connectivity index (χ0n) is 9.83. The highest BCUT2D eigenvalue weighted by Gasteiger charge is 2.31. The fourth-order valence-electron chi connectivity index (χ4n) is 2.04. The van der Waals surface area contributed by atoms with E-state index >= 15 is 0 Å². The molecular formula is C12H15F3N2O. The summed E-state index contributed by atoms with van der Waals surface area (Å²) in [4.78, 5) is 2.01. The number of morpholine rings is 1. The molecule has 1 aliphatic heterocycles. The van der Waals surface area contributed by atoms with Crippen molar-refractivity contribution < 1.29 is 17.9 Å². The van der Waals surface area contributed by atoms with Gasteiger partial charge in [0.2, 0.25) is 0 Å². The summed E-state index contributed by atoms with van der Waals surface area (Å²) in [6, 6.07) is 3.73. The Bertz CT molecular complexity index is 414. The molecule has 1 heterocycles. The van der Waals surface area contributed by atoms with Crippen molar-refractivity contribution in [3.8, 4) is 0 Å². The lowest BCUT2D eigenvalue weighted by atomic mass is 10.1. The van der Waals surface area contributed by atoms with Crippen LogP contribution < -0.4 is 10.6 Å². The van der Waals surface area contributed by atoms with Crippen molar-refractivity contribution >= 4 is 5.69 Å². The molecule has 100 valence electrons. The number of nitrogens with two attached hydrogens (primary N) is 1. The molecule has 0 spiro atoms. The van der Waals surface area contributed by atoms with Gasteiger partial charge in [0.05, 0.1) is 18.8 Å². The lowest BCUT2D eigenvalue weighted by Crippen LogP contribution is -2.37. The molecule has 1 aromatic rings. The van der Waals surface area contributed by atoms with Gasteiger partial charge in [0, 0.05) is 25.3 Å². The second-order valence-electron chi connectivity index (χ2n) is 4.14. The van der Waals surface area contributed by atoms with E-state index in [2.05, 4.69) is 0 Å². The number of hydrogen-bond acceptors (Lipinski definition) is 3. The van der Waals surface area contributed by atoms with Gasteiger partial charge >= 0.3 is 6.18 Å². The Balaban J connectivity index is 2.30. The highest BCUT2D eigenvalue weighted by atomic mass is 19.4. The molecule has 0 aliphatic carbocycles. The summed E-state index contributed by atoms with van der Waals surface area (Å²) >= 11 is 0. The molecule has 2 N–H and O–H groups in total. The van der Waals surface area contributed by atoms with Crippen LogP contribution in [0.15, 0.2) is 18.2 Å². The Morgan fingerprint density at radius 2 is 1.89 bits per heavy atom. The highest BCUT2D eigenvalue weighted by molar-refractivity contribution is 5.55. The summed E-state index contributed by atoms with van der Waals surface area (Å²) in [7, 11) is 0. The van der Waals surface area contributed by atoms with Crippen LogP contribution in [0.5, 0.6) is 0 Å². The van der Waals surface area contributed by atoms with E-state index in [0.717, 1.165) is 17.8 Å². The van der Waals surface area contributed by atoms with Gasteiger partial charge in [-0.2, -0.15) is 13.2 Å². The van der Waals surface area contributed by atoms with Crippen molar-refractivity contribution in [3.05, 3.63) is 29.3 Å². The number of halogens is 3. The summed E-state index contributed by atoms with van der Waals surface area (Å²) in [6.07, 6.45) is -4.33. The number of benzene rings is 1. The maximum atomic E-state index is 12.6. The molecule has 2 rings (SSSR count). The van der Waals surface area contributed by atoms with Crippen molar-refractivity contribution in [2.24, 2.45) is 5.73 Å². The zero-order chi connectivity index (χ0) is 13.2. The van der Waals surface area contributed by atoms with Gasteiger partial charge < -0.3 is 15.4 Å². The molecule has 0 unspecified atom stereocenters. The zero-order valence-corrected chi connectivity index (χ0v) is 9.83. The van der Waals surface area contributed by atoms with Crippen molar-refractivity contribution in [1.82, 2.24) is 0 Å². The molecule has 3 nitrogen and oxygen atoms in total. The summed E-state index contributed by atoms with van der Waals surface area (Å²) in [5, 5.41) is 0. The predicted octanol–water partition coefficient (Wildman–Crippen LogP) is 2.00. The smallest absolute Gasteiger partial charge is 0.378 e. The van der Waals surface area contributed by atoms with Gasteiger partial charge in [-0.25, -0.2) is 0 Å². The lowest BCUT2D eigenvalue weighted by Gasteiger charge is -2.30. The van der Waals surface area contributed by atoms with Crippen LogP contribution in [0.4, 0.5) is 18.9 Å². The van der Waals surface area contributed by atoms with Crippen LogP contribution in [-0.4, -0.2) is 26.3 Å². The molecule has 1 aliphatic rings. The Kier molecular flexibility index (Phi) is 3.77. The maximum Gasteiger partial charge on any atom is 0.416 e. The molecule has 0 atom stereocenters. The fraction of sp³-hybridized carbons (Fsp3) is 0.500. The number of ether oxygens (including phenoxy) is 1. The number of alkyl halides is 3. The first-order chi connectivity index (χ1) is 8.52. The Morgan fingerprint density at radius 1 is 1.22 bits per heavy atom. The lowest BCUT2D eigenvalue weighted by molar-refractivity contribution is -0.137. The minimum absolute atomic E-state index is 0.0939. The van der Waals surface area contributed by atoms with Crippen molar-refractivity contribution in [2.45, 2.75) is 12.7 Å². The van der Waals surface area contributed by atoms with Crippen LogP contribution in [-0.2, 0) is 17.5 Å². The van der Waals surface area contributed by atoms with Crippen LogP contribution in [0, 0.1) is 0 Å². The van der Waals surface area contributed by atoms with E-state index in [-0.39, 0.29) is 6.54 Å². The Hall–Kier alpha value is -1.27. The molecule has 1 aromatic carbocycles. The number of hydrogen-bond donors (Lipinski definition) is 1. The third kappa shape index (κ3) is 2.76. The Morgan fingerprint density at radius 3 is 2.44 bits per heavy atom. The number of anilines is 1. The Labute approximate surface area is 103 Å². The van der Waals surface area contributed by atoms with Gasteiger partial charge in [-0.15, -0.1) is 0 Å². The van der Waals surface area contributed by atoms with Gasteiger partial charge in [-0.05, 0) is 23.8 Å². The average molecular weight is 260 g/mol. The summed E-state index contributed by atoms with van der Waals surface area (Å²) < 4.78 is 43.0. The second kappa shape index (κ2) is 5.16. The third-order valence-corrected chi connectivity index (χ3v) is 2.98. The van der Waals surface area contributed by atoms with E-state index < -0.39 is 11.7 Å². The first-order valence-corrected chi connectivity index (χ1v) is 5.75. The SMILES string of the molecule is NCc1cc(C(F)(F)F)ccc1N1CCOCC1. The number of rotatable bonds is 2. The van der Waals surface area contributed by atoms with Crippen molar-refractivity contribution in [2.75, 3.05) is 31.2 Å². The third-order valence-electron chi connectivity index (χ3n) is 2.98. The van der Waals surface area contributed by atoms with Gasteiger partial charge in [0.25, 0.3) is 0 Å².